The first kappa shape index (κ1) is 21.4. The molecular formula is C19H20FN3O6S. The van der Waals surface area contributed by atoms with Crippen LogP contribution in [0.5, 0.6) is 5.75 Å². The standard InChI is InChI=1S/C19H20FN3O6S/c1-11-7-15(4-5-16(11)20)30(27,28)23-10-14(9-21-12(2)24)29-18-6-3-13(8-17(18)23)22-19(25)26/h3-8,14,22H,9-10H2,1-2H3,(H,21,24)(H,25,26). The molecule has 1 aliphatic heterocycles. The van der Waals surface area contributed by atoms with Gasteiger partial charge in [-0.2, -0.15) is 0 Å². The van der Waals surface area contributed by atoms with Gasteiger partial charge in [-0.1, -0.05) is 0 Å². The highest BCUT2D eigenvalue weighted by Gasteiger charge is 2.35. The Hall–Kier alpha value is -3.34. The van der Waals surface area contributed by atoms with Crippen molar-refractivity contribution in [1.29, 1.82) is 0 Å². The summed E-state index contributed by atoms with van der Waals surface area (Å²) in [5.74, 6) is -0.628. The Morgan fingerprint density at radius 3 is 2.63 bits per heavy atom. The predicted octanol–water partition coefficient (Wildman–Crippen LogP) is 2.32. The summed E-state index contributed by atoms with van der Waals surface area (Å²) < 4.78 is 47.2. The molecule has 0 spiro atoms. The lowest BCUT2D eigenvalue weighted by Gasteiger charge is -2.35. The Morgan fingerprint density at radius 2 is 2.00 bits per heavy atom. The van der Waals surface area contributed by atoms with E-state index in [-0.39, 0.29) is 46.6 Å². The molecule has 30 heavy (non-hydrogen) atoms. The van der Waals surface area contributed by atoms with Crippen molar-refractivity contribution in [1.82, 2.24) is 5.32 Å². The number of hydrogen-bond acceptors (Lipinski definition) is 5. The number of nitrogens with zero attached hydrogens (tertiary/aromatic N) is 1. The molecule has 3 rings (SSSR count). The lowest BCUT2D eigenvalue weighted by atomic mass is 10.2. The highest BCUT2D eigenvalue weighted by Crippen LogP contribution is 2.39. The maximum atomic E-state index is 13.6. The van der Waals surface area contributed by atoms with E-state index in [2.05, 4.69) is 10.6 Å². The summed E-state index contributed by atoms with van der Waals surface area (Å²) in [6.07, 6.45) is -1.99. The molecule has 0 fully saturated rings. The van der Waals surface area contributed by atoms with Gasteiger partial charge in [0.1, 0.15) is 17.7 Å². The Kier molecular flexibility index (Phi) is 5.83. The smallest absolute Gasteiger partial charge is 0.409 e. The van der Waals surface area contributed by atoms with Gasteiger partial charge in [-0.15, -0.1) is 0 Å². The maximum Gasteiger partial charge on any atom is 0.409 e. The number of anilines is 2. The topological polar surface area (TPSA) is 125 Å². The van der Waals surface area contributed by atoms with Crippen LogP contribution in [0.1, 0.15) is 12.5 Å². The van der Waals surface area contributed by atoms with Crippen molar-refractivity contribution >= 4 is 33.4 Å². The van der Waals surface area contributed by atoms with E-state index in [4.69, 9.17) is 9.84 Å². The number of carbonyl (C=O) groups is 2. The van der Waals surface area contributed by atoms with Crippen molar-refractivity contribution in [2.75, 3.05) is 22.7 Å². The van der Waals surface area contributed by atoms with Gasteiger partial charge < -0.3 is 15.2 Å². The minimum atomic E-state index is -4.13. The lowest BCUT2D eigenvalue weighted by molar-refractivity contribution is -0.119. The van der Waals surface area contributed by atoms with Crippen LogP contribution in [0.2, 0.25) is 0 Å². The average Bonchev–Trinajstić information content (AvgIpc) is 2.67. The molecule has 0 saturated heterocycles. The molecule has 160 valence electrons. The number of halogens is 1. The number of benzene rings is 2. The van der Waals surface area contributed by atoms with Gasteiger partial charge >= 0.3 is 6.09 Å². The van der Waals surface area contributed by atoms with Crippen molar-refractivity contribution in [3.05, 3.63) is 47.8 Å². The molecular weight excluding hydrogens is 417 g/mol. The highest BCUT2D eigenvalue weighted by atomic mass is 32.2. The quantitative estimate of drug-likeness (QED) is 0.659. The molecule has 3 N–H and O–H groups in total. The van der Waals surface area contributed by atoms with Gasteiger partial charge in [0, 0.05) is 12.6 Å². The number of amides is 2. The van der Waals surface area contributed by atoms with Crippen LogP contribution in [0.25, 0.3) is 0 Å². The maximum absolute atomic E-state index is 13.6. The SMILES string of the molecule is CC(=O)NCC1CN(S(=O)(=O)c2ccc(F)c(C)c2)c2cc(NC(=O)O)ccc2O1. The zero-order valence-corrected chi connectivity index (χ0v) is 17.0. The van der Waals surface area contributed by atoms with E-state index < -0.39 is 28.0 Å². The summed E-state index contributed by atoms with van der Waals surface area (Å²) in [6, 6.07) is 7.67. The van der Waals surface area contributed by atoms with Crippen LogP contribution in [0.4, 0.5) is 20.6 Å². The third-order valence-corrected chi connectivity index (χ3v) is 6.21. The number of nitrogens with one attached hydrogen (secondary N) is 2. The number of rotatable bonds is 5. The van der Waals surface area contributed by atoms with Crippen LogP contribution < -0.4 is 19.7 Å². The Bertz CT molecular complexity index is 1110. The fourth-order valence-electron chi connectivity index (χ4n) is 3.01. The first-order valence-electron chi connectivity index (χ1n) is 8.92. The van der Waals surface area contributed by atoms with Crippen molar-refractivity contribution in [3.8, 4) is 5.75 Å². The molecule has 1 aliphatic rings. The van der Waals surface area contributed by atoms with Crippen LogP contribution in [0.3, 0.4) is 0 Å². The first-order valence-corrected chi connectivity index (χ1v) is 10.4. The number of fused-ring (bicyclic) bond motifs is 1. The number of carboxylic acid groups (broad SMARTS) is 1. The van der Waals surface area contributed by atoms with E-state index >= 15 is 0 Å². The summed E-state index contributed by atoms with van der Waals surface area (Å²) in [5.41, 5.74) is 0.448. The van der Waals surface area contributed by atoms with Gasteiger partial charge in [0.05, 0.1) is 23.7 Å². The molecule has 1 atom stereocenters. The zero-order chi connectivity index (χ0) is 22.1. The molecule has 0 radical (unpaired) electrons. The molecule has 11 heteroatoms. The number of ether oxygens (including phenoxy) is 1. The minimum absolute atomic E-state index is 0.0678. The number of carbonyl (C=O) groups excluding carboxylic acids is 1. The molecule has 0 aliphatic carbocycles. The third-order valence-electron chi connectivity index (χ3n) is 4.44. The number of hydrogen-bond donors (Lipinski definition) is 3. The molecule has 0 saturated carbocycles. The van der Waals surface area contributed by atoms with Gasteiger partial charge in [-0.3, -0.25) is 14.4 Å². The molecule has 1 heterocycles. The van der Waals surface area contributed by atoms with E-state index in [9.17, 15) is 22.4 Å². The van der Waals surface area contributed by atoms with Crippen molar-refractivity contribution < 1.29 is 32.2 Å². The lowest BCUT2D eigenvalue weighted by Crippen LogP contribution is -2.48. The number of aryl methyl sites for hydroxylation is 1. The average molecular weight is 437 g/mol. The molecule has 0 aromatic heterocycles. The minimum Gasteiger partial charge on any atom is -0.484 e. The van der Waals surface area contributed by atoms with E-state index in [0.29, 0.717) is 0 Å². The Morgan fingerprint density at radius 1 is 1.27 bits per heavy atom. The molecule has 2 amide bonds. The molecule has 2 aromatic rings. The molecule has 0 bridgehead atoms. The summed E-state index contributed by atoms with van der Waals surface area (Å²) in [5, 5.41) is 13.7. The van der Waals surface area contributed by atoms with Gasteiger partial charge in [-0.05, 0) is 48.9 Å². The van der Waals surface area contributed by atoms with Crippen LogP contribution in [0.15, 0.2) is 41.3 Å². The largest absolute Gasteiger partial charge is 0.484 e. The zero-order valence-electron chi connectivity index (χ0n) is 16.2. The second kappa shape index (κ2) is 8.19. The normalized spacial score (nSPS) is 15.7. The highest BCUT2D eigenvalue weighted by molar-refractivity contribution is 7.92. The van der Waals surface area contributed by atoms with Crippen LogP contribution in [-0.4, -0.2) is 44.7 Å². The Balaban J connectivity index is 2.06. The Labute approximate surface area is 172 Å². The van der Waals surface area contributed by atoms with Crippen LogP contribution in [-0.2, 0) is 14.8 Å². The third kappa shape index (κ3) is 4.46. The second-order valence-corrected chi connectivity index (χ2v) is 8.60. The van der Waals surface area contributed by atoms with E-state index in [1.165, 1.54) is 38.1 Å². The predicted molar refractivity (Wildman–Crippen MR) is 107 cm³/mol. The van der Waals surface area contributed by atoms with E-state index in [1.54, 1.807) is 0 Å². The van der Waals surface area contributed by atoms with E-state index in [0.717, 1.165) is 16.4 Å². The monoisotopic (exact) mass is 437 g/mol. The molecule has 9 nitrogen and oxygen atoms in total. The summed E-state index contributed by atoms with van der Waals surface area (Å²) in [7, 11) is -4.13. The summed E-state index contributed by atoms with van der Waals surface area (Å²) >= 11 is 0. The van der Waals surface area contributed by atoms with Crippen molar-refractivity contribution in [2.45, 2.75) is 24.8 Å². The summed E-state index contributed by atoms with van der Waals surface area (Å²) in [4.78, 5) is 22.1. The van der Waals surface area contributed by atoms with Crippen molar-refractivity contribution in [2.24, 2.45) is 0 Å². The van der Waals surface area contributed by atoms with Crippen LogP contribution >= 0.6 is 0 Å². The van der Waals surface area contributed by atoms with Crippen LogP contribution in [0, 0.1) is 12.7 Å². The van der Waals surface area contributed by atoms with Gasteiger partial charge in [0.2, 0.25) is 5.91 Å². The van der Waals surface area contributed by atoms with Gasteiger partial charge in [0.25, 0.3) is 10.0 Å². The fraction of sp³-hybridized carbons (Fsp3) is 0.263. The first-order chi connectivity index (χ1) is 14.1. The van der Waals surface area contributed by atoms with Gasteiger partial charge in [0.15, 0.2) is 0 Å². The van der Waals surface area contributed by atoms with Crippen molar-refractivity contribution in [3.63, 3.8) is 0 Å². The number of sulfonamides is 1. The molecule has 2 aromatic carbocycles. The summed E-state index contributed by atoms with van der Waals surface area (Å²) in [6.45, 7) is 2.72. The molecule has 1 unspecified atom stereocenters. The second-order valence-electron chi connectivity index (χ2n) is 6.74. The van der Waals surface area contributed by atoms with Gasteiger partial charge in [-0.25, -0.2) is 17.6 Å². The van der Waals surface area contributed by atoms with E-state index in [1.807, 2.05) is 0 Å². The fourth-order valence-corrected chi connectivity index (χ4v) is 4.59.